The van der Waals surface area contributed by atoms with Gasteiger partial charge in [-0.2, -0.15) is 0 Å². The van der Waals surface area contributed by atoms with Crippen molar-refractivity contribution in [2.75, 3.05) is 13.1 Å². The van der Waals surface area contributed by atoms with Crippen molar-refractivity contribution in [3.63, 3.8) is 0 Å². The van der Waals surface area contributed by atoms with Gasteiger partial charge in [-0.15, -0.1) is 0 Å². The topological polar surface area (TPSA) is 46.3 Å². The molecule has 1 heterocycles. The van der Waals surface area contributed by atoms with Crippen LogP contribution in [0.3, 0.4) is 0 Å². The smallest absolute Gasteiger partial charge is 0.244 e. The molecule has 0 bridgehead atoms. The maximum absolute atomic E-state index is 12.2. The standard InChI is InChI=1S/C16H24N2O/c1-11-9-18(10-11)15(19)14(17)12-5-7-13(8-6-12)16(2,3)4/h5-8,11,14H,9-10,17H2,1-4H3. The van der Waals surface area contributed by atoms with Crippen LogP contribution >= 0.6 is 0 Å². The number of nitrogens with two attached hydrogens (primary N) is 1. The summed E-state index contributed by atoms with van der Waals surface area (Å²) in [5.74, 6) is 0.654. The first-order chi connectivity index (χ1) is 8.79. The number of rotatable bonds is 2. The molecule has 2 N–H and O–H groups in total. The molecule has 2 rings (SSSR count). The van der Waals surface area contributed by atoms with Gasteiger partial charge in [0.05, 0.1) is 0 Å². The van der Waals surface area contributed by atoms with Crippen LogP contribution in [-0.2, 0) is 10.2 Å². The Morgan fingerprint density at radius 1 is 1.26 bits per heavy atom. The zero-order valence-corrected chi connectivity index (χ0v) is 12.3. The fraction of sp³-hybridized carbons (Fsp3) is 0.562. The Labute approximate surface area is 115 Å². The maximum Gasteiger partial charge on any atom is 0.244 e. The summed E-state index contributed by atoms with van der Waals surface area (Å²) in [7, 11) is 0. The Bertz CT molecular complexity index is 453. The van der Waals surface area contributed by atoms with Crippen molar-refractivity contribution in [1.82, 2.24) is 4.90 Å². The molecule has 0 aliphatic carbocycles. The summed E-state index contributed by atoms with van der Waals surface area (Å²) >= 11 is 0. The molecule has 1 aliphatic heterocycles. The first kappa shape index (κ1) is 14.1. The third kappa shape index (κ3) is 2.98. The van der Waals surface area contributed by atoms with Crippen molar-refractivity contribution >= 4 is 5.91 Å². The Morgan fingerprint density at radius 3 is 2.21 bits per heavy atom. The lowest BCUT2D eigenvalue weighted by molar-refractivity contribution is -0.138. The minimum absolute atomic E-state index is 0.0432. The normalized spacial score (nSPS) is 18.1. The van der Waals surface area contributed by atoms with Crippen molar-refractivity contribution in [3.8, 4) is 0 Å². The molecule has 1 aliphatic rings. The van der Waals surface area contributed by atoms with E-state index in [1.54, 1.807) is 0 Å². The van der Waals surface area contributed by atoms with Crippen LogP contribution < -0.4 is 5.73 Å². The number of hydrogen-bond acceptors (Lipinski definition) is 2. The van der Waals surface area contributed by atoms with Gasteiger partial charge in [0.15, 0.2) is 0 Å². The summed E-state index contributed by atoms with van der Waals surface area (Å²) in [5.41, 5.74) is 8.35. The molecule has 1 aromatic rings. The highest BCUT2D eigenvalue weighted by molar-refractivity contribution is 5.83. The van der Waals surface area contributed by atoms with Crippen molar-refractivity contribution in [3.05, 3.63) is 35.4 Å². The molecule has 1 saturated heterocycles. The molecule has 1 unspecified atom stereocenters. The first-order valence-corrected chi connectivity index (χ1v) is 6.94. The lowest BCUT2D eigenvalue weighted by Crippen LogP contribution is -2.51. The van der Waals surface area contributed by atoms with Crippen LogP contribution in [0.1, 0.15) is 44.9 Å². The molecular weight excluding hydrogens is 236 g/mol. The van der Waals surface area contributed by atoms with E-state index in [1.165, 1.54) is 5.56 Å². The Kier molecular flexibility index (Phi) is 3.68. The fourth-order valence-corrected chi connectivity index (χ4v) is 2.41. The molecule has 3 nitrogen and oxygen atoms in total. The van der Waals surface area contributed by atoms with Gasteiger partial charge in [-0.3, -0.25) is 4.79 Å². The van der Waals surface area contributed by atoms with Gasteiger partial charge >= 0.3 is 0 Å². The number of carbonyl (C=O) groups excluding carboxylic acids is 1. The van der Waals surface area contributed by atoms with Gasteiger partial charge < -0.3 is 10.6 Å². The number of carbonyl (C=O) groups is 1. The highest BCUT2D eigenvalue weighted by atomic mass is 16.2. The summed E-state index contributed by atoms with van der Waals surface area (Å²) in [6.07, 6.45) is 0. The van der Waals surface area contributed by atoms with Crippen LogP contribution in [0.4, 0.5) is 0 Å². The van der Waals surface area contributed by atoms with Gasteiger partial charge in [-0.05, 0) is 22.5 Å². The van der Waals surface area contributed by atoms with Crippen molar-refractivity contribution < 1.29 is 4.79 Å². The molecule has 0 aromatic heterocycles. The molecule has 1 fully saturated rings. The van der Waals surface area contributed by atoms with Gasteiger partial charge in [0.2, 0.25) is 5.91 Å². The van der Waals surface area contributed by atoms with E-state index in [-0.39, 0.29) is 11.3 Å². The minimum Gasteiger partial charge on any atom is -0.340 e. The van der Waals surface area contributed by atoms with E-state index in [2.05, 4.69) is 39.8 Å². The SMILES string of the molecule is CC1CN(C(=O)C(N)c2ccc(C(C)(C)C)cc2)C1. The highest BCUT2D eigenvalue weighted by Gasteiger charge is 2.31. The summed E-state index contributed by atoms with van der Waals surface area (Å²) in [6, 6.07) is 7.57. The maximum atomic E-state index is 12.2. The molecule has 104 valence electrons. The number of benzene rings is 1. The second kappa shape index (κ2) is 4.97. The van der Waals surface area contributed by atoms with E-state index in [0.29, 0.717) is 5.92 Å². The molecule has 0 saturated carbocycles. The van der Waals surface area contributed by atoms with E-state index in [9.17, 15) is 4.79 Å². The number of likely N-dealkylation sites (tertiary alicyclic amines) is 1. The third-order valence-corrected chi connectivity index (χ3v) is 3.78. The van der Waals surface area contributed by atoms with Crippen LogP contribution in [0.2, 0.25) is 0 Å². The predicted molar refractivity (Wildman–Crippen MR) is 77.8 cm³/mol. The second-order valence-corrected chi connectivity index (χ2v) is 6.70. The summed E-state index contributed by atoms with van der Waals surface area (Å²) in [6.45, 7) is 10.4. The molecule has 1 atom stereocenters. The van der Waals surface area contributed by atoms with E-state index < -0.39 is 6.04 Å². The second-order valence-electron chi connectivity index (χ2n) is 6.70. The largest absolute Gasteiger partial charge is 0.340 e. The molecule has 1 aromatic carbocycles. The Morgan fingerprint density at radius 2 is 1.79 bits per heavy atom. The highest BCUT2D eigenvalue weighted by Crippen LogP contribution is 2.25. The summed E-state index contributed by atoms with van der Waals surface area (Å²) in [5, 5.41) is 0. The van der Waals surface area contributed by atoms with E-state index in [1.807, 2.05) is 17.0 Å². The van der Waals surface area contributed by atoms with Crippen molar-refractivity contribution in [1.29, 1.82) is 0 Å². The number of hydrogen-bond donors (Lipinski definition) is 1. The van der Waals surface area contributed by atoms with Gasteiger partial charge in [-0.25, -0.2) is 0 Å². The summed E-state index contributed by atoms with van der Waals surface area (Å²) in [4.78, 5) is 14.0. The average Bonchev–Trinajstić information content (AvgIpc) is 2.32. The van der Waals surface area contributed by atoms with Gasteiger partial charge in [0.1, 0.15) is 6.04 Å². The Hall–Kier alpha value is -1.35. The van der Waals surface area contributed by atoms with E-state index in [4.69, 9.17) is 5.73 Å². The third-order valence-electron chi connectivity index (χ3n) is 3.78. The minimum atomic E-state index is -0.526. The van der Waals surface area contributed by atoms with Gasteiger partial charge in [0, 0.05) is 13.1 Å². The number of amides is 1. The fourth-order valence-electron chi connectivity index (χ4n) is 2.41. The molecule has 1 amide bonds. The van der Waals surface area contributed by atoms with E-state index in [0.717, 1.165) is 18.7 Å². The van der Waals surface area contributed by atoms with Gasteiger partial charge in [0.25, 0.3) is 0 Å². The monoisotopic (exact) mass is 260 g/mol. The molecule has 19 heavy (non-hydrogen) atoms. The van der Waals surface area contributed by atoms with Crippen LogP contribution in [0.5, 0.6) is 0 Å². The zero-order valence-electron chi connectivity index (χ0n) is 12.3. The number of nitrogens with zero attached hydrogens (tertiary/aromatic N) is 1. The molecule has 0 radical (unpaired) electrons. The zero-order chi connectivity index (χ0) is 14.2. The molecule has 0 spiro atoms. The average molecular weight is 260 g/mol. The quantitative estimate of drug-likeness (QED) is 0.888. The van der Waals surface area contributed by atoms with Gasteiger partial charge in [-0.1, -0.05) is 52.0 Å². The van der Waals surface area contributed by atoms with E-state index >= 15 is 0 Å². The lowest BCUT2D eigenvalue weighted by atomic mass is 9.86. The van der Waals surface area contributed by atoms with Crippen LogP contribution in [0.15, 0.2) is 24.3 Å². The molecule has 3 heteroatoms. The van der Waals surface area contributed by atoms with Crippen molar-refractivity contribution in [2.24, 2.45) is 11.7 Å². The van der Waals surface area contributed by atoms with Crippen molar-refractivity contribution in [2.45, 2.75) is 39.2 Å². The first-order valence-electron chi connectivity index (χ1n) is 6.94. The van der Waals surface area contributed by atoms with Crippen LogP contribution in [-0.4, -0.2) is 23.9 Å². The molecular formula is C16H24N2O. The summed E-state index contributed by atoms with van der Waals surface area (Å²) < 4.78 is 0. The van der Waals surface area contributed by atoms with Crippen LogP contribution in [0.25, 0.3) is 0 Å². The lowest BCUT2D eigenvalue weighted by Gasteiger charge is -2.38. The van der Waals surface area contributed by atoms with Crippen LogP contribution in [0, 0.1) is 5.92 Å². The Balaban J connectivity index is 2.07. The predicted octanol–water partition coefficient (Wildman–Crippen LogP) is 2.46.